The van der Waals surface area contributed by atoms with Gasteiger partial charge in [-0.2, -0.15) is 4.98 Å². The molecule has 0 amide bonds. The first kappa shape index (κ1) is 17.0. The highest BCUT2D eigenvalue weighted by Gasteiger charge is 2.44. The van der Waals surface area contributed by atoms with Crippen LogP contribution in [0.15, 0.2) is 0 Å². The number of carbonyl (C=O) groups is 1. The Labute approximate surface area is 144 Å². The van der Waals surface area contributed by atoms with Gasteiger partial charge < -0.3 is 15.0 Å². The third kappa shape index (κ3) is 2.94. The van der Waals surface area contributed by atoms with E-state index in [1.807, 2.05) is 18.9 Å². The van der Waals surface area contributed by atoms with E-state index >= 15 is 0 Å². The van der Waals surface area contributed by atoms with Gasteiger partial charge in [0.1, 0.15) is 11.4 Å². The number of carbonyl (C=O) groups excluding carboxylic acids is 1. The lowest BCUT2D eigenvalue weighted by Gasteiger charge is -2.42. The fraction of sp³-hybridized carbons (Fsp3) is 0.722. The summed E-state index contributed by atoms with van der Waals surface area (Å²) in [4.78, 5) is 24.1. The number of rotatable bonds is 3. The lowest BCUT2D eigenvalue weighted by Crippen LogP contribution is -2.56. The van der Waals surface area contributed by atoms with Crippen molar-refractivity contribution in [1.29, 1.82) is 0 Å². The number of nitrogens with zero attached hydrogens (tertiary/aromatic N) is 3. The van der Waals surface area contributed by atoms with Crippen LogP contribution in [0.5, 0.6) is 0 Å². The van der Waals surface area contributed by atoms with Crippen LogP contribution in [0.2, 0.25) is 0 Å². The minimum absolute atomic E-state index is 0.202. The number of anilines is 2. The molecule has 0 saturated carbocycles. The Morgan fingerprint density at radius 2 is 1.96 bits per heavy atom. The molecule has 3 rings (SSSR count). The maximum Gasteiger partial charge on any atom is 0.331 e. The lowest BCUT2D eigenvalue weighted by molar-refractivity contribution is -0.147. The number of hydrogen-bond donors (Lipinski definition) is 1. The Morgan fingerprint density at radius 1 is 1.17 bits per heavy atom. The molecule has 24 heavy (non-hydrogen) atoms. The van der Waals surface area contributed by atoms with Crippen molar-refractivity contribution in [2.75, 3.05) is 30.9 Å². The van der Waals surface area contributed by atoms with E-state index in [4.69, 9.17) is 14.7 Å². The first-order chi connectivity index (χ1) is 11.6. The minimum Gasteiger partial charge on any atom is -0.467 e. The number of aryl methyl sites for hydroxylation is 1. The Kier molecular flexibility index (Phi) is 4.92. The molecule has 1 aliphatic heterocycles. The molecule has 0 bridgehead atoms. The third-order valence-electron chi connectivity index (χ3n) is 5.42. The molecule has 1 atom stereocenters. The number of hydrogen-bond acceptors (Lipinski definition) is 6. The van der Waals surface area contributed by atoms with Crippen molar-refractivity contribution >= 4 is 17.7 Å². The van der Waals surface area contributed by atoms with Crippen LogP contribution in [0.25, 0.3) is 0 Å². The monoisotopic (exact) mass is 332 g/mol. The molecule has 6 nitrogen and oxygen atoms in total. The Bertz CT molecular complexity index is 619. The average Bonchev–Trinajstić information content (AvgIpc) is 2.85. The molecule has 132 valence electrons. The number of methoxy groups -OCH3 is 1. The summed E-state index contributed by atoms with van der Waals surface area (Å²) >= 11 is 0. The first-order valence-electron chi connectivity index (χ1n) is 9.04. The van der Waals surface area contributed by atoms with Crippen molar-refractivity contribution in [2.24, 2.45) is 0 Å². The van der Waals surface area contributed by atoms with Gasteiger partial charge in [0.2, 0.25) is 5.95 Å². The molecule has 2 aliphatic rings. The zero-order chi connectivity index (χ0) is 17.2. The highest BCUT2D eigenvalue weighted by Crippen LogP contribution is 2.34. The number of ether oxygens (including phenoxy) is 1. The van der Waals surface area contributed by atoms with Crippen LogP contribution in [0, 0.1) is 0 Å². The lowest BCUT2D eigenvalue weighted by atomic mass is 9.88. The fourth-order valence-corrected chi connectivity index (χ4v) is 3.96. The molecule has 1 saturated heterocycles. The predicted octanol–water partition coefficient (Wildman–Crippen LogP) is 2.71. The summed E-state index contributed by atoms with van der Waals surface area (Å²) in [6.07, 6.45) is 8.44. The molecular weight excluding hydrogens is 304 g/mol. The van der Waals surface area contributed by atoms with E-state index in [1.165, 1.54) is 31.9 Å². The molecule has 1 aliphatic carbocycles. The van der Waals surface area contributed by atoms with E-state index in [0.717, 1.165) is 50.2 Å². The topological polar surface area (TPSA) is 67.4 Å². The van der Waals surface area contributed by atoms with Gasteiger partial charge in [0.15, 0.2) is 0 Å². The predicted molar refractivity (Wildman–Crippen MR) is 94.5 cm³/mol. The quantitative estimate of drug-likeness (QED) is 0.678. The van der Waals surface area contributed by atoms with Crippen LogP contribution in [-0.4, -0.2) is 42.2 Å². The summed E-state index contributed by atoms with van der Waals surface area (Å²) < 4.78 is 5.08. The maximum atomic E-state index is 12.4. The van der Waals surface area contributed by atoms with E-state index in [0.29, 0.717) is 5.95 Å². The van der Waals surface area contributed by atoms with Crippen LogP contribution < -0.4 is 10.2 Å². The minimum atomic E-state index is -0.684. The van der Waals surface area contributed by atoms with E-state index in [9.17, 15) is 4.79 Å². The van der Waals surface area contributed by atoms with Crippen LogP contribution in [0.3, 0.4) is 0 Å². The molecule has 1 fully saturated rings. The van der Waals surface area contributed by atoms with Gasteiger partial charge in [0, 0.05) is 19.2 Å². The first-order valence-corrected chi connectivity index (χ1v) is 9.04. The molecule has 1 N–H and O–H groups in total. The Hall–Kier alpha value is -1.85. The normalized spacial score (nSPS) is 24.0. The van der Waals surface area contributed by atoms with Crippen LogP contribution in [-0.2, 0) is 22.4 Å². The molecule has 1 unspecified atom stereocenters. The number of aromatic nitrogens is 2. The molecule has 0 aromatic carbocycles. The van der Waals surface area contributed by atoms with E-state index in [2.05, 4.69) is 5.32 Å². The van der Waals surface area contributed by atoms with E-state index in [1.54, 1.807) is 0 Å². The molecule has 6 heteroatoms. The summed E-state index contributed by atoms with van der Waals surface area (Å²) in [5.74, 6) is 1.37. The molecular formula is C18H28N4O2. The average molecular weight is 332 g/mol. The fourth-order valence-electron chi connectivity index (χ4n) is 3.96. The van der Waals surface area contributed by atoms with Crippen molar-refractivity contribution in [2.45, 2.75) is 63.8 Å². The standard InChI is InChI=1S/C18H28N4O2/c1-18(16(23)24-3)11-7-8-12-22(18)17-20-14-10-6-4-5-9-13(14)15(19-2)21-17/h4-12H2,1-3H3,(H,19,20,21). The highest BCUT2D eigenvalue weighted by atomic mass is 16.5. The smallest absolute Gasteiger partial charge is 0.331 e. The molecule has 0 spiro atoms. The Morgan fingerprint density at radius 3 is 2.71 bits per heavy atom. The van der Waals surface area contributed by atoms with Crippen molar-refractivity contribution in [3.05, 3.63) is 11.3 Å². The zero-order valence-corrected chi connectivity index (χ0v) is 15.0. The number of nitrogens with one attached hydrogen (secondary N) is 1. The number of piperidine rings is 1. The van der Waals surface area contributed by atoms with Crippen LogP contribution in [0.1, 0.15) is 56.7 Å². The van der Waals surface area contributed by atoms with Crippen LogP contribution in [0.4, 0.5) is 11.8 Å². The van der Waals surface area contributed by atoms with Crippen molar-refractivity contribution in [1.82, 2.24) is 9.97 Å². The summed E-state index contributed by atoms with van der Waals surface area (Å²) in [5, 5.41) is 3.24. The summed E-state index contributed by atoms with van der Waals surface area (Å²) in [6, 6.07) is 0. The summed E-state index contributed by atoms with van der Waals surface area (Å²) in [5.41, 5.74) is 1.70. The molecule has 2 heterocycles. The van der Waals surface area contributed by atoms with Crippen molar-refractivity contribution in [3.8, 4) is 0 Å². The zero-order valence-electron chi connectivity index (χ0n) is 15.0. The largest absolute Gasteiger partial charge is 0.467 e. The van der Waals surface area contributed by atoms with Crippen molar-refractivity contribution in [3.63, 3.8) is 0 Å². The van der Waals surface area contributed by atoms with E-state index in [-0.39, 0.29) is 5.97 Å². The van der Waals surface area contributed by atoms with Gasteiger partial charge in [0.05, 0.1) is 12.8 Å². The van der Waals surface area contributed by atoms with Gasteiger partial charge in [0.25, 0.3) is 0 Å². The third-order valence-corrected chi connectivity index (χ3v) is 5.42. The number of esters is 1. The van der Waals surface area contributed by atoms with Gasteiger partial charge in [-0.3, -0.25) is 0 Å². The van der Waals surface area contributed by atoms with Gasteiger partial charge in [-0.25, -0.2) is 9.78 Å². The van der Waals surface area contributed by atoms with Gasteiger partial charge in [-0.1, -0.05) is 6.42 Å². The van der Waals surface area contributed by atoms with Crippen LogP contribution >= 0.6 is 0 Å². The van der Waals surface area contributed by atoms with Gasteiger partial charge in [-0.05, 0) is 51.9 Å². The summed E-state index contributed by atoms with van der Waals surface area (Å²) in [7, 11) is 3.37. The molecule has 1 aromatic rings. The highest BCUT2D eigenvalue weighted by molar-refractivity contribution is 5.84. The van der Waals surface area contributed by atoms with E-state index < -0.39 is 5.54 Å². The Balaban J connectivity index is 2.04. The SMILES string of the molecule is CNc1nc(N2CCCCC2(C)C(=O)OC)nc2c1CCCCC2. The summed E-state index contributed by atoms with van der Waals surface area (Å²) in [6.45, 7) is 2.74. The second kappa shape index (κ2) is 6.95. The second-order valence-electron chi connectivity index (χ2n) is 6.98. The molecule has 0 radical (unpaired) electrons. The van der Waals surface area contributed by atoms with Crippen molar-refractivity contribution < 1.29 is 9.53 Å². The van der Waals surface area contributed by atoms with Gasteiger partial charge >= 0.3 is 5.97 Å². The maximum absolute atomic E-state index is 12.4. The number of fused-ring (bicyclic) bond motifs is 1. The second-order valence-corrected chi connectivity index (χ2v) is 6.98. The van der Waals surface area contributed by atoms with Gasteiger partial charge in [-0.15, -0.1) is 0 Å². The molecule has 1 aromatic heterocycles.